The minimum absolute atomic E-state index is 0.0308. The summed E-state index contributed by atoms with van der Waals surface area (Å²) in [5, 5.41) is 2.91. The number of hydrogen-bond acceptors (Lipinski definition) is 6. The number of imidazole rings is 1. The van der Waals surface area contributed by atoms with Gasteiger partial charge < -0.3 is 19.7 Å². The number of urea groups is 1. The summed E-state index contributed by atoms with van der Waals surface area (Å²) in [6.07, 6.45) is 5.69. The number of rotatable bonds is 3. The third-order valence-electron chi connectivity index (χ3n) is 7.20. The number of fused-ring (bicyclic) bond motifs is 4. The molecule has 6 heterocycles. The van der Waals surface area contributed by atoms with Crippen molar-refractivity contribution in [2.75, 3.05) is 31.1 Å². The Morgan fingerprint density at radius 2 is 1.82 bits per heavy atom. The zero-order chi connectivity index (χ0) is 22.6. The first-order valence-corrected chi connectivity index (χ1v) is 11.8. The molecule has 4 aromatic rings. The Labute approximate surface area is 196 Å². The summed E-state index contributed by atoms with van der Waals surface area (Å²) < 4.78 is 2.29. The molecule has 0 aliphatic carbocycles. The van der Waals surface area contributed by atoms with Gasteiger partial charge in [-0.15, -0.1) is 0 Å². The molecule has 1 N–H and O–H groups in total. The van der Waals surface area contributed by atoms with Crippen molar-refractivity contribution in [3.63, 3.8) is 0 Å². The Hall–Kier alpha value is -4.01. The van der Waals surface area contributed by atoms with Crippen LogP contribution in [0.4, 0.5) is 10.7 Å². The standard InChI is InChI=1S/C25H24N8O/c34-25-28-14-18-15-31(10-11-32(18)25)24-26-12-17(13-27-24)19-6-7-20-23(30-19)33-21(8-9-22(33)29-20)16-4-2-1-3-5-16/h1-7,12-13,18,21H,8-11,14-15H2,(H,28,34). The molecule has 2 unspecified atom stereocenters. The van der Waals surface area contributed by atoms with Gasteiger partial charge in [-0.25, -0.2) is 24.7 Å². The summed E-state index contributed by atoms with van der Waals surface area (Å²) >= 11 is 0. The fourth-order valence-electron chi connectivity index (χ4n) is 5.47. The number of anilines is 1. The predicted octanol–water partition coefficient (Wildman–Crippen LogP) is 2.64. The highest BCUT2D eigenvalue weighted by Gasteiger charge is 2.36. The maximum absolute atomic E-state index is 11.9. The van der Waals surface area contributed by atoms with E-state index in [1.54, 1.807) is 0 Å². The van der Waals surface area contributed by atoms with Crippen LogP contribution in [0.5, 0.6) is 0 Å². The summed E-state index contributed by atoms with van der Waals surface area (Å²) in [5.41, 5.74) is 4.86. The number of amides is 2. The molecule has 170 valence electrons. The van der Waals surface area contributed by atoms with E-state index in [9.17, 15) is 4.79 Å². The molecular weight excluding hydrogens is 428 g/mol. The van der Waals surface area contributed by atoms with E-state index in [0.29, 0.717) is 19.0 Å². The van der Waals surface area contributed by atoms with Crippen molar-refractivity contribution >= 4 is 23.1 Å². The molecule has 0 bridgehead atoms. The Kier molecular flexibility index (Phi) is 4.30. The van der Waals surface area contributed by atoms with Gasteiger partial charge in [0.25, 0.3) is 0 Å². The number of aryl methyl sites for hydroxylation is 1. The summed E-state index contributed by atoms with van der Waals surface area (Å²) in [6.45, 7) is 2.84. The Morgan fingerprint density at radius 1 is 0.971 bits per heavy atom. The number of pyridine rings is 1. The summed E-state index contributed by atoms with van der Waals surface area (Å²) in [7, 11) is 0. The van der Waals surface area contributed by atoms with Crippen molar-refractivity contribution in [1.29, 1.82) is 0 Å². The first-order chi connectivity index (χ1) is 16.7. The van der Waals surface area contributed by atoms with Crippen LogP contribution in [0.25, 0.3) is 22.4 Å². The van der Waals surface area contributed by atoms with Crippen LogP contribution in [0.15, 0.2) is 54.9 Å². The van der Waals surface area contributed by atoms with Gasteiger partial charge in [-0.1, -0.05) is 30.3 Å². The highest BCUT2D eigenvalue weighted by atomic mass is 16.2. The van der Waals surface area contributed by atoms with E-state index >= 15 is 0 Å². The van der Waals surface area contributed by atoms with Gasteiger partial charge in [0.1, 0.15) is 11.3 Å². The quantitative estimate of drug-likeness (QED) is 0.514. The van der Waals surface area contributed by atoms with Gasteiger partial charge in [0.05, 0.1) is 17.8 Å². The average molecular weight is 453 g/mol. The number of hydrogen-bond donors (Lipinski definition) is 1. The Bertz CT molecular complexity index is 1380. The molecule has 34 heavy (non-hydrogen) atoms. The minimum atomic E-state index is 0.0308. The molecule has 7 rings (SSSR count). The van der Waals surface area contributed by atoms with Gasteiger partial charge in [0, 0.05) is 50.6 Å². The molecule has 2 amide bonds. The van der Waals surface area contributed by atoms with Crippen LogP contribution < -0.4 is 10.2 Å². The van der Waals surface area contributed by atoms with Crippen molar-refractivity contribution in [3.8, 4) is 11.3 Å². The summed E-state index contributed by atoms with van der Waals surface area (Å²) in [5.74, 6) is 1.79. The van der Waals surface area contributed by atoms with E-state index < -0.39 is 0 Å². The first-order valence-electron chi connectivity index (χ1n) is 11.8. The van der Waals surface area contributed by atoms with Gasteiger partial charge in [-0.3, -0.25) is 0 Å². The molecule has 9 nitrogen and oxygen atoms in total. The molecule has 3 aliphatic heterocycles. The molecule has 2 fully saturated rings. The zero-order valence-corrected chi connectivity index (χ0v) is 18.6. The fourth-order valence-corrected chi connectivity index (χ4v) is 5.47. The monoisotopic (exact) mass is 452 g/mol. The molecular formula is C25H24N8O. The maximum atomic E-state index is 11.9. The molecule has 1 aromatic carbocycles. The first kappa shape index (κ1) is 19.5. The Morgan fingerprint density at radius 3 is 2.68 bits per heavy atom. The normalized spacial score (nSPS) is 21.6. The van der Waals surface area contributed by atoms with Crippen LogP contribution in [-0.4, -0.2) is 67.7 Å². The number of piperazine rings is 1. The lowest BCUT2D eigenvalue weighted by Crippen LogP contribution is -2.52. The number of benzene rings is 1. The molecule has 0 spiro atoms. The van der Waals surface area contributed by atoms with E-state index in [4.69, 9.17) is 9.97 Å². The highest BCUT2D eigenvalue weighted by Crippen LogP contribution is 2.35. The lowest BCUT2D eigenvalue weighted by atomic mass is 10.0. The van der Waals surface area contributed by atoms with E-state index in [0.717, 1.165) is 54.2 Å². The van der Waals surface area contributed by atoms with E-state index in [1.807, 2.05) is 29.4 Å². The smallest absolute Gasteiger partial charge is 0.317 e. The average Bonchev–Trinajstić information content (AvgIpc) is 3.58. The molecule has 2 atom stereocenters. The second-order valence-electron chi connectivity index (χ2n) is 9.15. The van der Waals surface area contributed by atoms with Crippen LogP contribution in [0.1, 0.15) is 23.9 Å². The van der Waals surface area contributed by atoms with Crippen LogP contribution in [-0.2, 0) is 6.42 Å². The molecule has 3 aromatic heterocycles. The van der Waals surface area contributed by atoms with Gasteiger partial charge in [-0.05, 0) is 24.1 Å². The zero-order valence-electron chi connectivity index (χ0n) is 18.6. The van der Waals surface area contributed by atoms with Crippen molar-refractivity contribution in [3.05, 3.63) is 66.2 Å². The lowest BCUT2D eigenvalue weighted by molar-refractivity contribution is 0.197. The van der Waals surface area contributed by atoms with Gasteiger partial charge in [-0.2, -0.15) is 0 Å². The summed E-state index contributed by atoms with van der Waals surface area (Å²) in [4.78, 5) is 35.0. The molecule has 9 heteroatoms. The van der Waals surface area contributed by atoms with Crippen LogP contribution >= 0.6 is 0 Å². The third kappa shape index (κ3) is 3.03. The fraction of sp³-hybridized carbons (Fsp3) is 0.320. The highest BCUT2D eigenvalue weighted by molar-refractivity contribution is 5.78. The SMILES string of the molecule is O=C1NCC2CN(c3ncc(-c4ccc5nc6n(c5n4)C(c4ccccc4)CC6)cn3)CCN12. The number of nitrogens with zero attached hydrogens (tertiary/aromatic N) is 7. The van der Waals surface area contributed by atoms with Crippen LogP contribution in [0.2, 0.25) is 0 Å². The van der Waals surface area contributed by atoms with Crippen LogP contribution in [0.3, 0.4) is 0 Å². The largest absolute Gasteiger partial charge is 0.337 e. The van der Waals surface area contributed by atoms with Crippen molar-refractivity contribution in [2.24, 2.45) is 0 Å². The molecule has 2 saturated heterocycles. The van der Waals surface area contributed by atoms with E-state index in [2.05, 4.69) is 55.1 Å². The molecule has 0 saturated carbocycles. The molecule has 0 radical (unpaired) electrons. The lowest BCUT2D eigenvalue weighted by Gasteiger charge is -2.36. The third-order valence-corrected chi connectivity index (χ3v) is 7.20. The number of aromatic nitrogens is 5. The van der Waals surface area contributed by atoms with Crippen LogP contribution in [0, 0.1) is 0 Å². The second-order valence-corrected chi connectivity index (χ2v) is 9.15. The second kappa shape index (κ2) is 7.51. The predicted molar refractivity (Wildman–Crippen MR) is 128 cm³/mol. The Balaban J connectivity index is 1.18. The van der Waals surface area contributed by atoms with Gasteiger partial charge in [0.2, 0.25) is 5.95 Å². The summed E-state index contributed by atoms with van der Waals surface area (Å²) in [6, 6.07) is 15.1. The number of nitrogens with one attached hydrogen (secondary N) is 1. The minimum Gasteiger partial charge on any atom is -0.337 e. The van der Waals surface area contributed by atoms with Gasteiger partial charge >= 0.3 is 6.03 Å². The van der Waals surface area contributed by atoms with E-state index in [1.165, 1.54) is 5.56 Å². The van der Waals surface area contributed by atoms with Crippen molar-refractivity contribution in [1.82, 2.24) is 34.7 Å². The van der Waals surface area contributed by atoms with Crippen molar-refractivity contribution in [2.45, 2.75) is 24.9 Å². The topological polar surface area (TPSA) is 92.1 Å². The van der Waals surface area contributed by atoms with Gasteiger partial charge in [0.15, 0.2) is 5.65 Å². The number of carbonyl (C=O) groups excluding carboxylic acids is 1. The molecule has 3 aliphatic rings. The van der Waals surface area contributed by atoms with Crippen molar-refractivity contribution < 1.29 is 4.79 Å². The maximum Gasteiger partial charge on any atom is 0.317 e. The number of carbonyl (C=O) groups is 1. The van der Waals surface area contributed by atoms with E-state index in [-0.39, 0.29) is 18.1 Å².